The lowest BCUT2D eigenvalue weighted by molar-refractivity contribution is 0.242. The smallest absolute Gasteiger partial charge is 0.161 e. The molecule has 1 aliphatic heterocycles. The van der Waals surface area contributed by atoms with Gasteiger partial charge in [-0.25, -0.2) is 0 Å². The number of methoxy groups -OCH3 is 2. The molecule has 0 amide bonds. The van der Waals surface area contributed by atoms with Crippen molar-refractivity contribution in [2.24, 2.45) is 5.73 Å². The Kier molecular flexibility index (Phi) is 6.34. The Morgan fingerprint density at radius 2 is 1.63 bits per heavy atom. The molecule has 146 valence electrons. The number of rotatable bonds is 9. The summed E-state index contributed by atoms with van der Waals surface area (Å²) >= 11 is 0. The molecule has 0 spiro atoms. The van der Waals surface area contributed by atoms with Crippen LogP contribution in [0.25, 0.3) is 0 Å². The van der Waals surface area contributed by atoms with Gasteiger partial charge >= 0.3 is 0 Å². The Labute approximate surface area is 162 Å². The first kappa shape index (κ1) is 19.6. The molecule has 0 radical (unpaired) electrons. The minimum absolute atomic E-state index is 0.142. The molecule has 3 rings (SSSR count). The monoisotopic (exact) mass is 369 g/mol. The van der Waals surface area contributed by atoms with Crippen molar-refractivity contribution in [2.45, 2.75) is 51.2 Å². The summed E-state index contributed by atoms with van der Waals surface area (Å²) in [5.74, 6) is 1.61. The van der Waals surface area contributed by atoms with Gasteiger partial charge in [-0.2, -0.15) is 0 Å². The maximum atomic E-state index is 6.58. The summed E-state index contributed by atoms with van der Waals surface area (Å²) in [7, 11) is 3.37. The molecule has 5 nitrogen and oxygen atoms in total. The lowest BCUT2D eigenvalue weighted by atomic mass is 9.91. The van der Waals surface area contributed by atoms with Crippen LogP contribution in [0.3, 0.4) is 0 Å². The van der Waals surface area contributed by atoms with E-state index >= 15 is 0 Å². The fourth-order valence-electron chi connectivity index (χ4n) is 3.74. The van der Waals surface area contributed by atoms with Crippen LogP contribution in [-0.2, 0) is 19.5 Å². The average molecular weight is 370 g/mol. The van der Waals surface area contributed by atoms with Crippen LogP contribution in [-0.4, -0.2) is 36.2 Å². The summed E-state index contributed by atoms with van der Waals surface area (Å²) in [6, 6.07) is 8.37. The Hall–Kier alpha value is -2.11. The number of nitrogens with two attached hydrogens (primary N) is 1. The lowest BCUT2D eigenvalue weighted by Gasteiger charge is -2.27. The van der Waals surface area contributed by atoms with Crippen molar-refractivity contribution in [3.05, 3.63) is 53.3 Å². The zero-order chi connectivity index (χ0) is 19.3. The SMILES string of the molecule is COc1cc2c(cc1OC)CN(CCC(C)(N)CCCc1ccncc1)C2. The molecule has 1 aromatic carbocycles. The maximum absolute atomic E-state index is 6.58. The van der Waals surface area contributed by atoms with Gasteiger partial charge in [0, 0.05) is 37.6 Å². The van der Waals surface area contributed by atoms with Crippen molar-refractivity contribution in [3.8, 4) is 11.5 Å². The first-order chi connectivity index (χ1) is 13.0. The molecule has 0 fully saturated rings. The molecule has 27 heavy (non-hydrogen) atoms. The first-order valence-corrected chi connectivity index (χ1v) is 9.64. The Morgan fingerprint density at radius 1 is 1.04 bits per heavy atom. The highest BCUT2D eigenvalue weighted by Gasteiger charge is 2.25. The minimum Gasteiger partial charge on any atom is -0.493 e. The molecule has 1 unspecified atom stereocenters. The highest BCUT2D eigenvalue weighted by molar-refractivity contribution is 5.48. The number of aromatic nitrogens is 1. The number of nitrogens with zero attached hydrogens (tertiary/aromatic N) is 2. The Morgan fingerprint density at radius 3 is 2.19 bits per heavy atom. The molecule has 1 aliphatic rings. The number of benzene rings is 1. The van der Waals surface area contributed by atoms with Crippen LogP contribution < -0.4 is 15.2 Å². The van der Waals surface area contributed by atoms with E-state index in [4.69, 9.17) is 15.2 Å². The van der Waals surface area contributed by atoms with Gasteiger partial charge in [0.15, 0.2) is 11.5 Å². The van der Waals surface area contributed by atoms with Crippen LogP contribution in [0, 0.1) is 0 Å². The third kappa shape index (κ3) is 5.21. The molecule has 2 aromatic rings. The van der Waals surface area contributed by atoms with E-state index < -0.39 is 0 Å². The molecule has 5 heteroatoms. The van der Waals surface area contributed by atoms with Gasteiger partial charge in [-0.05, 0) is 73.6 Å². The van der Waals surface area contributed by atoms with Crippen molar-refractivity contribution < 1.29 is 9.47 Å². The third-order valence-electron chi connectivity index (χ3n) is 5.46. The maximum Gasteiger partial charge on any atom is 0.161 e. The van der Waals surface area contributed by atoms with Gasteiger partial charge in [-0.15, -0.1) is 0 Å². The molecular formula is C22H31N3O2. The second kappa shape index (κ2) is 8.72. The van der Waals surface area contributed by atoms with Crippen molar-refractivity contribution in [1.29, 1.82) is 0 Å². The molecule has 0 saturated heterocycles. The molecule has 2 N–H and O–H groups in total. The molecule has 0 saturated carbocycles. The van der Waals surface area contributed by atoms with Crippen LogP contribution in [0.2, 0.25) is 0 Å². The van der Waals surface area contributed by atoms with Gasteiger partial charge in [0.25, 0.3) is 0 Å². The average Bonchev–Trinajstić information content (AvgIpc) is 3.08. The zero-order valence-electron chi connectivity index (χ0n) is 16.7. The number of aryl methyl sites for hydroxylation is 1. The zero-order valence-corrected chi connectivity index (χ0v) is 16.7. The molecular weight excluding hydrogens is 338 g/mol. The van der Waals surface area contributed by atoms with E-state index in [-0.39, 0.29) is 5.54 Å². The van der Waals surface area contributed by atoms with Gasteiger partial charge in [-0.3, -0.25) is 9.88 Å². The Balaban J connectivity index is 1.48. The van der Waals surface area contributed by atoms with Crippen LogP contribution in [0.1, 0.15) is 42.9 Å². The van der Waals surface area contributed by atoms with Crippen LogP contribution >= 0.6 is 0 Å². The van der Waals surface area contributed by atoms with Crippen molar-refractivity contribution in [1.82, 2.24) is 9.88 Å². The Bertz CT molecular complexity index is 714. The predicted molar refractivity (Wildman–Crippen MR) is 108 cm³/mol. The van der Waals surface area contributed by atoms with E-state index in [1.54, 1.807) is 14.2 Å². The van der Waals surface area contributed by atoms with Crippen molar-refractivity contribution in [2.75, 3.05) is 20.8 Å². The number of pyridine rings is 1. The largest absolute Gasteiger partial charge is 0.493 e. The summed E-state index contributed by atoms with van der Waals surface area (Å²) < 4.78 is 10.8. The van der Waals surface area contributed by atoms with Crippen LogP contribution in [0.4, 0.5) is 0 Å². The van der Waals surface area contributed by atoms with Gasteiger partial charge in [0.1, 0.15) is 0 Å². The molecule has 2 heterocycles. The second-order valence-corrected chi connectivity index (χ2v) is 7.80. The highest BCUT2D eigenvalue weighted by atomic mass is 16.5. The fraction of sp³-hybridized carbons (Fsp3) is 0.500. The first-order valence-electron chi connectivity index (χ1n) is 9.64. The third-order valence-corrected chi connectivity index (χ3v) is 5.46. The van der Waals surface area contributed by atoms with Gasteiger partial charge in [0.05, 0.1) is 14.2 Å². The van der Waals surface area contributed by atoms with Gasteiger partial charge < -0.3 is 15.2 Å². The minimum atomic E-state index is -0.142. The van der Waals surface area contributed by atoms with Crippen LogP contribution in [0.15, 0.2) is 36.7 Å². The number of hydrogen-bond donors (Lipinski definition) is 1. The summed E-state index contributed by atoms with van der Waals surface area (Å²) in [4.78, 5) is 6.52. The summed E-state index contributed by atoms with van der Waals surface area (Å²) in [5, 5.41) is 0. The van der Waals surface area contributed by atoms with E-state index in [1.807, 2.05) is 12.4 Å². The van der Waals surface area contributed by atoms with Gasteiger partial charge in [-0.1, -0.05) is 0 Å². The molecule has 1 aromatic heterocycles. The number of ether oxygens (including phenoxy) is 2. The standard InChI is InChI=1S/C22H31N3O2/c1-22(23,8-4-5-17-6-10-24-11-7-17)9-12-25-15-18-13-20(26-2)21(27-3)14-19(18)16-25/h6-7,10-11,13-14H,4-5,8-9,12,15-16,23H2,1-3H3. The quantitative estimate of drug-likeness (QED) is 0.732. The lowest BCUT2D eigenvalue weighted by Crippen LogP contribution is -2.39. The molecule has 1 atom stereocenters. The number of hydrogen-bond acceptors (Lipinski definition) is 5. The molecule has 0 aliphatic carbocycles. The summed E-state index contributed by atoms with van der Waals surface area (Å²) in [6.07, 6.45) is 7.89. The van der Waals surface area contributed by atoms with Gasteiger partial charge in [0.2, 0.25) is 0 Å². The van der Waals surface area contributed by atoms with Crippen LogP contribution in [0.5, 0.6) is 11.5 Å². The predicted octanol–water partition coefficient (Wildman–Crippen LogP) is 3.54. The van der Waals surface area contributed by atoms with E-state index in [0.717, 1.165) is 56.8 Å². The summed E-state index contributed by atoms with van der Waals surface area (Å²) in [5.41, 5.74) is 10.4. The van der Waals surface area contributed by atoms with Crippen molar-refractivity contribution >= 4 is 0 Å². The summed E-state index contributed by atoms with van der Waals surface area (Å²) in [6.45, 7) is 5.07. The second-order valence-electron chi connectivity index (χ2n) is 7.80. The van der Waals surface area contributed by atoms with E-state index in [9.17, 15) is 0 Å². The molecule has 0 bridgehead atoms. The normalized spacial score (nSPS) is 16.0. The fourth-order valence-corrected chi connectivity index (χ4v) is 3.74. The van der Waals surface area contributed by atoms with E-state index in [2.05, 4.69) is 41.1 Å². The van der Waals surface area contributed by atoms with Crippen molar-refractivity contribution in [3.63, 3.8) is 0 Å². The topological polar surface area (TPSA) is 60.6 Å². The highest BCUT2D eigenvalue weighted by Crippen LogP contribution is 2.35. The van der Waals surface area contributed by atoms with E-state index in [0.29, 0.717) is 0 Å². The van der Waals surface area contributed by atoms with E-state index in [1.165, 1.54) is 16.7 Å². The number of fused-ring (bicyclic) bond motifs is 1.